The minimum atomic E-state index is -0.381. The number of carbonyl (C=O) groups excluding carboxylic acids is 1. The van der Waals surface area contributed by atoms with Gasteiger partial charge in [-0.1, -0.05) is 0 Å². The van der Waals surface area contributed by atoms with Crippen LogP contribution in [0.15, 0.2) is 18.2 Å². The zero-order valence-electron chi connectivity index (χ0n) is 6.87. The van der Waals surface area contributed by atoms with Crippen LogP contribution in [0.4, 0.5) is 0 Å². The number of carbonyl (C=O) groups is 1. The molecule has 0 unspecified atom stereocenters. The van der Waals surface area contributed by atoms with Crippen molar-refractivity contribution in [2.45, 2.75) is 0 Å². The van der Waals surface area contributed by atoms with E-state index in [4.69, 9.17) is 5.26 Å². The second kappa shape index (κ2) is 4.23. The van der Waals surface area contributed by atoms with E-state index < -0.39 is 0 Å². The summed E-state index contributed by atoms with van der Waals surface area (Å²) in [6, 6.07) is 6.82. The monoisotopic (exact) mass is 287 g/mol. The van der Waals surface area contributed by atoms with Gasteiger partial charge < -0.3 is 4.74 Å². The van der Waals surface area contributed by atoms with E-state index in [0.29, 0.717) is 11.1 Å². The molecule has 0 atom stereocenters. The van der Waals surface area contributed by atoms with Crippen LogP contribution in [0.2, 0.25) is 0 Å². The van der Waals surface area contributed by atoms with Crippen molar-refractivity contribution in [1.29, 1.82) is 5.26 Å². The maximum Gasteiger partial charge on any atom is 0.338 e. The molecule has 1 aromatic rings. The van der Waals surface area contributed by atoms with E-state index >= 15 is 0 Å². The first-order valence-corrected chi connectivity index (χ1v) is 4.55. The third-order valence-corrected chi connectivity index (χ3v) is 2.40. The van der Waals surface area contributed by atoms with Gasteiger partial charge in [0.1, 0.15) is 0 Å². The molecule has 0 spiro atoms. The lowest BCUT2D eigenvalue weighted by atomic mass is 10.1. The summed E-state index contributed by atoms with van der Waals surface area (Å²) in [6.07, 6.45) is 0. The summed E-state index contributed by atoms with van der Waals surface area (Å²) in [5, 5.41) is 8.58. The summed E-state index contributed by atoms with van der Waals surface area (Å²) in [4.78, 5) is 11.1. The van der Waals surface area contributed by atoms with E-state index in [1.807, 2.05) is 28.7 Å². The average Bonchev–Trinajstić information content (AvgIpc) is 2.16. The maximum absolute atomic E-state index is 11.1. The molecule has 0 saturated carbocycles. The fourth-order valence-corrected chi connectivity index (χ4v) is 1.60. The molecule has 0 radical (unpaired) electrons. The van der Waals surface area contributed by atoms with Gasteiger partial charge in [-0.15, -0.1) is 0 Å². The van der Waals surface area contributed by atoms with Crippen molar-refractivity contribution in [3.63, 3.8) is 0 Å². The van der Waals surface area contributed by atoms with Gasteiger partial charge in [-0.05, 0) is 40.8 Å². The van der Waals surface area contributed by atoms with Crippen molar-refractivity contribution in [3.8, 4) is 6.07 Å². The number of methoxy groups -OCH3 is 1. The summed E-state index contributed by atoms with van der Waals surface area (Å²) < 4.78 is 5.29. The molecular weight excluding hydrogens is 281 g/mol. The molecule has 0 N–H and O–H groups in total. The molecule has 0 bridgehead atoms. The second-order valence-corrected chi connectivity index (χ2v) is 3.46. The number of esters is 1. The second-order valence-electron chi connectivity index (χ2n) is 2.30. The zero-order chi connectivity index (χ0) is 9.84. The predicted molar refractivity (Wildman–Crippen MR) is 55.2 cm³/mol. The van der Waals surface area contributed by atoms with E-state index in [9.17, 15) is 4.79 Å². The normalized spacial score (nSPS) is 9.00. The van der Waals surface area contributed by atoms with Crippen LogP contribution in [0.3, 0.4) is 0 Å². The smallest absolute Gasteiger partial charge is 0.338 e. The minimum Gasteiger partial charge on any atom is -0.465 e. The van der Waals surface area contributed by atoms with Crippen LogP contribution < -0.4 is 0 Å². The number of ether oxygens (including phenoxy) is 1. The maximum atomic E-state index is 11.1. The van der Waals surface area contributed by atoms with Crippen LogP contribution in [0.1, 0.15) is 15.9 Å². The molecule has 1 rings (SSSR count). The first-order chi connectivity index (χ1) is 6.19. The Bertz CT molecular complexity index is 382. The van der Waals surface area contributed by atoms with Crippen molar-refractivity contribution in [2.75, 3.05) is 7.11 Å². The van der Waals surface area contributed by atoms with E-state index in [-0.39, 0.29) is 5.97 Å². The summed E-state index contributed by atoms with van der Waals surface area (Å²) >= 11 is 2.00. The highest BCUT2D eigenvalue weighted by atomic mass is 127. The average molecular weight is 287 g/mol. The summed E-state index contributed by atoms with van der Waals surface area (Å²) in [7, 11) is 1.33. The van der Waals surface area contributed by atoms with Gasteiger partial charge in [-0.25, -0.2) is 4.79 Å². The van der Waals surface area contributed by atoms with Crippen LogP contribution in [0.5, 0.6) is 0 Å². The quantitative estimate of drug-likeness (QED) is 0.586. The van der Waals surface area contributed by atoms with E-state index in [0.717, 1.165) is 3.57 Å². The van der Waals surface area contributed by atoms with Gasteiger partial charge in [0.25, 0.3) is 0 Å². The third-order valence-electron chi connectivity index (χ3n) is 1.50. The molecule has 13 heavy (non-hydrogen) atoms. The van der Waals surface area contributed by atoms with Gasteiger partial charge >= 0.3 is 5.97 Å². The number of nitriles is 1. The number of hydrogen-bond donors (Lipinski definition) is 0. The van der Waals surface area contributed by atoms with E-state index in [1.54, 1.807) is 18.2 Å². The lowest BCUT2D eigenvalue weighted by Crippen LogP contribution is -2.03. The highest BCUT2D eigenvalue weighted by molar-refractivity contribution is 14.1. The molecule has 0 aliphatic rings. The van der Waals surface area contributed by atoms with Crippen molar-refractivity contribution in [1.82, 2.24) is 0 Å². The van der Waals surface area contributed by atoms with Gasteiger partial charge in [0.15, 0.2) is 0 Å². The summed E-state index contributed by atoms with van der Waals surface area (Å²) in [6.45, 7) is 0. The minimum absolute atomic E-state index is 0.381. The molecule has 0 aliphatic carbocycles. The molecule has 4 heteroatoms. The number of hydrogen-bond acceptors (Lipinski definition) is 3. The van der Waals surface area contributed by atoms with Gasteiger partial charge in [0.2, 0.25) is 0 Å². The number of rotatable bonds is 1. The summed E-state index contributed by atoms with van der Waals surface area (Å²) in [5.74, 6) is -0.381. The molecule has 0 fully saturated rings. The van der Waals surface area contributed by atoms with Gasteiger partial charge in [0.05, 0.1) is 24.3 Å². The largest absolute Gasteiger partial charge is 0.465 e. The first-order valence-electron chi connectivity index (χ1n) is 3.47. The Hall–Kier alpha value is -1.09. The molecule has 66 valence electrons. The zero-order valence-corrected chi connectivity index (χ0v) is 9.03. The number of benzene rings is 1. The lowest BCUT2D eigenvalue weighted by molar-refractivity contribution is 0.0599. The van der Waals surface area contributed by atoms with Crippen molar-refractivity contribution >= 4 is 28.6 Å². The Balaban J connectivity index is 3.14. The topological polar surface area (TPSA) is 50.1 Å². The molecule has 0 amide bonds. The molecular formula is C9H6INO2. The van der Waals surface area contributed by atoms with E-state index in [2.05, 4.69) is 4.74 Å². The van der Waals surface area contributed by atoms with Crippen LogP contribution in [-0.4, -0.2) is 13.1 Å². The first kappa shape index (κ1) is 9.99. The van der Waals surface area contributed by atoms with Crippen molar-refractivity contribution < 1.29 is 9.53 Å². The molecule has 3 nitrogen and oxygen atoms in total. The Morgan fingerprint density at radius 3 is 2.77 bits per heavy atom. The number of halogens is 1. The van der Waals surface area contributed by atoms with Crippen LogP contribution in [0, 0.1) is 14.9 Å². The SMILES string of the molecule is COC(=O)c1ccc(C#N)cc1I. The molecule has 0 aromatic heterocycles. The van der Waals surface area contributed by atoms with Crippen LogP contribution in [-0.2, 0) is 4.74 Å². The predicted octanol–water partition coefficient (Wildman–Crippen LogP) is 1.95. The van der Waals surface area contributed by atoms with Crippen molar-refractivity contribution in [2.24, 2.45) is 0 Å². The fraction of sp³-hybridized carbons (Fsp3) is 0.111. The van der Waals surface area contributed by atoms with Gasteiger partial charge in [0, 0.05) is 3.57 Å². The Morgan fingerprint density at radius 2 is 2.31 bits per heavy atom. The van der Waals surface area contributed by atoms with Crippen LogP contribution >= 0.6 is 22.6 Å². The van der Waals surface area contributed by atoms with Gasteiger partial charge in [-0.3, -0.25) is 0 Å². The third kappa shape index (κ3) is 2.18. The number of nitrogens with zero attached hydrogens (tertiary/aromatic N) is 1. The van der Waals surface area contributed by atoms with Crippen molar-refractivity contribution in [3.05, 3.63) is 32.9 Å². The fourth-order valence-electron chi connectivity index (χ4n) is 0.860. The molecule has 1 aromatic carbocycles. The standard InChI is InChI=1S/C9H6INO2/c1-13-9(12)7-3-2-6(5-11)4-8(7)10/h2-4H,1H3. The molecule has 0 saturated heterocycles. The van der Waals surface area contributed by atoms with Crippen LogP contribution in [0.25, 0.3) is 0 Å². The molecule has 0 heterocycles. The lowest BCUT2D eigenvalue weighted by Gasteiger charge is -2.01. The Labute approximate surface area is 89.5 Å². The highest BCUT2D eigenvalue weighted by Gasteiger charge is 2.09. The van der Waals surface area contributed by atoms with E-state index in [1.165, 1.54) is 7.11 Å². The summed E-state index contributed by atoms with van der Waals surface area (Å²) in [5.41, 5.74) is 1.03. The van der Waals surface area contributed by atoms with Gasteiger partial charge in [-0.2, -0.15) is 5.26 Å². The Morgan fingerprint density at radius 1 is 1.62 bits per heavy atom. The highest BCUT2D eigenvalue weighted by Crippen LogP contribution is 2.14. The Kier molecular flexibility index (Phi) is 3.25. The molecule has 0 aliphatic heterocycles.